The minimum atomic E-state index is -0.622. The largest absolute Gasteiger partial charge is 0.392 e. The molecule has 13 heteroatoms. The average Bonchev–Trinajstić information content (AvgIpc) is 3.39. The number of pyridine rings is 2. The second-order valence-electron chi connectivity index (χ2n) is 12.9. The summed E-state index contributed by atoms with van der Waals surface area (Å²) in [6, 6.07) is 8.89. The highest BCUT2D eigenvalue weighted by Crippen LogP contribution is 2.32. The standard InChI is InChI=1S/C33H35FN8O4/c1-18-28(37-38-31(44)29(18)36-26-13-21-14-40(22-16-46-17-22)9-10-42(21)39-26)23-5-7-35-30(24(23)15-43)41-8-6-19-11-20(33(2,3)4)12-25(34)27(19)32(41)45/h5-8,11-13,22,43H,9-10,14-17H2,1-4H3,(H,38,44)(H,36,37,39). The summed E-state index contributed by atoms with van der Waals surface area (Å²) in [6.45, 7) is 11.0. The fourth-order valence-corrected chi connectivity index (χ4v) is 6.16. The number of nitrogens with zero attached hydrogens (tertiary/aromatic N) is 6. The van der Waals surface area contributed by atoms with Gasteiger partial charge in [0.1, 0.15) is 17.3 Å². The zero-order valence-corrected chi connectivity index (χ0v) is 26.1. The van der Waals surface area contributed by atoms with E-state index in [4.69, 9.17) is 4.74 Å². The SMILES string of the molecule is Cc1c(-c2ccnc(-n3ccc4cc(C(C)(C)C)cc(F)c4c3=O)c2CO)n[nH]c(=O)c1Nc1cc2n(n1)CCN(C1COC1)C2. The summed E-state index contributed by atoms with van der Waals surface area (Å²) >= 11 is 0. The van der Waals surface area contributed by atoms with E-state index < -0.39 is 23.5 Å². The van der Waals surface area contributed by atoms with Gasteiger partial charge in [-0.15, -0.1) is 0 Å². The third-order valence-corrected chi connectivity index (χ3v) is 8.94. The van der Waals surface area contributed by atoms with Gasteiger partial charge in [0.05, 0.1) is 49.2 Å². The molecule has 12 nitrogen and oxygen atoms in total. The van der Waals surface area contributed by atoms with Crippen molar-refractivity contribution in [2.75, 3.05) is 25.1 Å². The molecular weight excluding hydrogens is 591 g/mol. The van der Waals surface area contributed by atoms with Crippen molar-refractivity contribution < 1.29 is 14.2 Å². The summed E-state index contributed by atoms with van der Waals surface area (Å²) in [5.74, 6) is 0.0454. The van der Waals surface area contributed by atoms with Crippen molar-refractivity contribution in [3.05, 3.63) is 91.6 Å². The second-order valence-corrected chi connectivity index (χ2v) is 12.9. The van der Waals surface area contributed by atoms with Crippen molar-refractivity contribution in [3.63, 3.8) is 0 Å². The van der Waals surface area contributed by atoms with E-state index in [1.807, 2.05) is 37.6 Å². The number of aliphatic hydroxyl groups is 1. The van der Waals surface area contributed by atoms with Gasteiger partial charge in [0.2, 0.25) is 0 Å². The van der Waals surface area contributed by atoms with Gasteiger partial charge in [-0.1, -0.05) is 26.8 Å². The molecule has 2 aliphatic rings. The molecule has 1 aromatic carbocycles. The van der Waals surface area contributed by atoms with Crippen LogP contribution in [-0.4, -0.2) is 65.3 Å². The maximum Gasteiger partial charge on any atom is 0.288 e. The smallest absolute Gasteiger partial charge is 0.288 e. The van der Waals surface area contributed by atoms with Crippen LogP contribution in [0, 0.1) is 12.7 Å². The number of benzene rings is 1. The summed E-state index contributed by atoms with van der Waals surface area (Å²) in [4.78, 5) is 33.5. The number of hydrogen-bond acceptors (Lipinski definition) is 9. The van der Waals surface area contributed by atoms with Gasteiger partial charge in [0.15, 0.2) is 5.82 Å². The number of hydrogen-bond donors (Lipinski definition) is 3. The Bertz CT molecular complexity index is 2110. The van der Waals surface area contributed by atoms with E-state index in [0.717, 1.165) is 44.1 Å². The number of aliphatic hydroxyl groups excluding tert-OH is 1. The van der Waals surface area contributed by atoms with Gasteiger partial charge in [-0.2, -0.15) is 10.2 Å². The van der Waals surface area contributed by atoms with Crippen LogP contribution in [-0.2, 0) is 29.8 Å². The number of halogens is 1. The molecule has 0 bridgehead atoms. The monoisotopic (exact) mass is 626 g/mol. The summed E-state index contributed by atoms with van der Waals surface area (Å²) in [5, 5.41) is 25.7. The fraction of sp³-hybridized carbons (Fsp3) is 0.364. The van der Waals surface area contributed by atoms with Crippen LogP contribution in [0.3, 0.4) is 0 Å². The van der Waals surface area contributed by atoms with Gasteiger partial charge < -0.3 is 15.2 Å². The third kappa shape index (κ3) is 5.10. The van der Waals surface area contributed by atoms with Crippen molar-refractivity contribution in [1.82, 2.24) is 34.4 Å². The van der Waals surface area contributed by atoms with Gasteiger partial charge in [-0.25, -0.2) is 14.5 Å². The molecule has 0 atom stereocenters. The van der Waals surface area contributed by atoms with Crippen molar-refractivity contribution in [3.8, 4) is 17.1 Å². The molecule has 238 valence electrons. The first-order chi connectivity index (χ1) is 22.0. The van der Waals surface area contributed by atoms with Crippen LogP contribution in [0.15, 0.2) is 52.3 Å². The van der Waals surface area contributed by atoms with E-state index in [2.05, 4.69) is 30.5 Å². The van der Waals surface area contributed by atoms with Gasteiger partial charge in [-0.3, -0.25) is 23.7 Å². The van der Waals surface area contributed by atoms with Crippen LogP contribution in [0.2, 0.25) is 0 Å². The number of aromatic nitrogens is 6. The normalized spacial score (nSPS) is 15.6. The zero-order chi connectivity index (χ0) is 32.3. The number of nitrogens with one attached hydrogen (secondary N) is 2. The number of aromatic amines is 1. The molecule has 0 unspecified atom stereocenters. The maximum absolute atomic E-state index is 15.4. The Morgan fingerprint density at radius 3 is 2.67 bits per heavy atom. The fourth-order valence-electron chi connectivity index (χ4n) is 6.16. The molecule has 0 radical (unpaired) electrons. The van der Waals surface area contributed by atoms with Gasteiger partial charge in [0, 0.05) is 48.2 Å². The lowest BCUT2D eigenvalue weighted by molar-refractivity contribution is -0.0735. The Balaban J connectivity index is 1.26. The summed E-state index contributed by atoms with van der Waals surface area (Å²) in [6.07, 6.45) is 3.02. The molecule has 1 fully saturated rings. The Hall–Kier alpha value is -4.72. The summed E-state index contributed by atoms with van der Waals surface area (Å²) in [7, 11) is 0. The first-order valence-electron chi connectivity index (χ1n) is 15.2. The molecule has 1 saturated heterocycles. The summed E-state index contributed by atoms with van der Waals surface area (Å²) in [5.41, 5.74) is 2.38. The molecule has 0 amide bonds. The number of fused-ring (bicyclic) bond motifs is 2. The van der Waals surface area contributed by atoms with E-state index in [0.29, 0.717) is 39.6 Å². The predicted molar refractivity (Wildman–Crippen MR) is 171 cm³/mol. The zero-order valence-electron chi connectivity index (χ0n) is 26.1. The Kier molecular flexibility index (Phi) is 7.34. The quantitative estimate of drug-likeness (QED) is 0.258. The Morgan fingerprint density at radius 2 is 1.96 bits per heavy atom. The van der Waals surface area contributed by atoms with E-state index in [9.17, 15) is 14.7 Å². The van der Waals surface area contributed by atoms with Crippen LogP contribution in [0.4, 0.5) is 15.9 Å². The van der Waals surface area contributed by atoms with Crippen molar-refractivity contribution in [1.29, 1.82) is 0 Å². The average molecular weight is 627 g/mol. The van der Waals surface area contributed by atoms with Crippen LogP contribution in [0.25, 0.3) is 27.8 Å². The number of H-pyrrole nitrogens is 1. The molecule has 3 N–H and O–H groups in total. The molecule has 2 aliphatic heterocycles. The van der Waals surface area contributed by atoms with Crippen LogP contribution in [0.5, 0.6) is 0 Å². The van der Waals surface area contributed by atoms with Gasteiger partial charge in [0.25, 0.3) is 11.1 Å². The van der Waals surface area contributed by atoms with Gasteiger partial charge >= 0.3 is 0 Å². The highest BCUT2D eigenvalue weighted by molar-refractivity contribution is 5.84. The molecule has 4 aromatic heterocycles. The summed E-state index contributed by atoms with van der Waals surface area (Å²) < 4.78 is 23.9. The van der Waals surface area contributed by atoms with E-state index in [-0.39, 0.29) is 22.3 Å². The molecule has 7 rings (SSSR count). The number of ether oxygens (including phenoxy) is 1. The molecule has 0 saturated carbocycles. The van der Waals surface area contributed by atoms with Crippen molar-refractivity contribution in [2.24, 2.45) is 0 Å². The van der Waals surface area contributed by atoms with E-state index >= 15 is 4.39 Å². The molecule has 6 heterocycles. The highest BCUT2D eigenvalue weighted by Gasteiger charge is 2.30. The molecular formula is C33H35FN8O4. The maximum atomic E-state index is 15.4. The minimum absolute atomic E-state index is 0.0664. The van der Waals surface area contributed by atoms with E-state index in [1.54, 1.807) is 19.1 Å². The lowest BCUT2D eigenvalue weighted by atomic mass is 9.86. The molecule has 0 spiro atoms. The first-order valence-corrected chi connectivity index (χ1v) is 15.2. The first kappa shape index (κ1) is 30.0. The van der Waals surface area contributed by atoms with Crippen LogP contribution in [0.1, 0.15) is 43.2 Å². The molecule has 5 aromatic rings. The molecule has 0 aliphatic carbocycles. The third-order valence-electron chi connectivity index (χ3n) is 8.94. The lowest BCUT2D eigenvalue weighted by Gasteiger charge is -2.39. The minimum Gasteiger partial charge on any atom is -0.392 e. The van der Waals surface area contributed by atoms with Crippen molar-refractivity contribution >= 4 is 22.3 Å². The Morgan fingerprint density at radius 1 is 1.15 bits per heavy atom. The highest BCUT2D eigenvalue weighted by atomic mass is 19.1. The van der Waals surface area contributed by atoms with Crippen LogP contribution >= 0.6 is 0 Å². The van der Waals surface area contributed by atoms with Crippen molar-refractivity contribution in [2.45, 2.75) is 58.8 Å². The van der Waals surface area contributed by atoms with Crippen LogP contribution < -0.4 is 16.4 Å². The predicted octanol–water partition coefficient (Wildman–Crippen LogP) is 3.53. The number of anilines is 2. The van der Waals surface area contributed by atoms with E-state index in [1.165, 1.54) is 23.0 Å². The molecule has 46 heavy (non-hydrogen) atoms. The topological polar surface area (TPSA) is 143 Å². The lowest BCUT2D eigenvalue weighted by Crippen LogP contribution is -2.51. The number of rotatable bonds is 6. The van der Waals surface area contributed by atoms with Gasteiger partial charge in [-0.05, 0) is 41.5 Å². The second kappa shape index (κ2) is 11.3. The Labute approximate surface area is 263 Å².